The van der Waals surface area contributed by atoms with Crippen LogP contribution in [0.5, 0.6) is 0 Å². The van der Waals surface area contributed by atoms with Crippen molar-refractivity contribution in [3.63, 3.8) is 0 Å². The molecule has 1 aromatic heterocycles. The Morgan fingerprint density at radius 3 is 3.08 bits per heavy atom. The summed E-state index contributed by atoms with van der Waals surface area (Å²) < 4.78 is 0. The van der Waals surface area contributed by atoms with Crippen LogP contribution in [-0.4, -0.2) is 11.2 Å². The number of pyridine rings is 1. The molecule has 0 saturated heterocycles. The zero-order valence-electron chi connectivity index (χ0n) is 7.79. The van der Waals surface area contributed by atoms with E-state index in [9.17, 15) is 0 Å². The Morgan fingerprint density at radius 1 is 1.38 bits per heavy atom. The van der Waals surface area contributed by atoms with Gasteiger partial charge in [0.1, 0.15) is 0 Å². The molecule has 1 heterocycles. The van der Waals surface area contributed by atoms with Crippen molar-refractivity contribution in [1.82, 2.24) is 4.98 Å². The van der Waals surface area contributed by atoms with Gasteiger partial charge in [-0.2, -0.15) is 0 Å². The van der Waals surface area contributed by atoms with Crippen LogP contribution < -0.4 is 0 Å². The fourth-order valence-electron chi connectivity index (χ4n) is 2.92. The highest BCUT2D eigenvalue weighted by atomic mass is 32.2. The van der Waals surface area contributed by atoms with Crippen LogP contribution in [0.2, 0.25) is 0 Å². The first-order valence-electron chi connectivity index (χ1n) is 4.93. The van der Waals surface area contributed by atoms with Gasteiger partial charge in [0.25, 0.3) is 0 Å². The van der Waals surface area contributed by atoms with E-state index in [4.69, 9.17) is 0 Å². The van der Waals surface area contributed by atoms with E-state index < -0.39 is 0 Å². The molecule has 1 aromatic rings. The average molecular weight is 191 g/mol. The molecule has 2 atom stereocenters. The fourth-order valence-corrected chi connectivity index (χ4v) is 3.59. The number of aromatic nitrogens is 1. The number of fused-ring (bicyclic) bond motifs is 5. The number of hydrogen-bond acceptors (Lipinski definition) is 2. The molecule has 0 N–H and O–H groups in total. The quantitative estimate of drug-likeness (QED) is 0.632. The molecule has 2 aliphatic carbocycles. The molecule has 68 valence electrons. The maximum absolute atomic E-state index is 4.45. The van der Waals surface area contributed by atoms with Crippen LogP contribution in [-0.2, 0) is 0 Å². The van der Waals surface area contributed by atoms with Crippen LogP contribution >= 0.6 is 11.8 Å². The van der Waals surface area contributed by atoms with Crippen LogP contribution in [0.4, 0.5) is 0 Å². The highest BCUT2D eigenvalue weighted by Crippen LogP contribution is 2.54. The topological polar surface area (TPSA) is 12.9 Å². The lowest BCUT2D eigenvalue weighted by Gasteiger charge is -2.16. The maximum atomic E-state index is 4.45. The predicted molar refractivity (Wildman–Crippen MR) is 55.4 cm³/mol. The average Bonchev–Trinajstić information content (AvgIpc) is 2.77. The summed E-state index contributed by atoms with van der Waals surface area (Å²) in [6.45, 7) is 0. The molecule has 2 aliphatic rings. The molecule has 1 nitrogen and oxygen atoms in total. The van der Waals surface area contributed by atoms with Gasteiger partial charge in [-0.15, -0.1) is 11.8 Å². The van der Waals surface area contributed by atoms with Gasteiger partial charge in [-0.1, -0.05) is 0 Å². The van der Waals surface area contributed by atoms with E-state index in [0.29, 0.717) is 0 Å². The summed E-state index contributed by atoms with van der Waals surface area (Å²) in [4.78, 5) is 4.45. The minimum atomic E-state index is 0.844. The Labute approximate surface area is 83.0 Å². The maximum Gasteiger partial charge on any atom is 0.0994 e. The van der Waals surface area contributed by atoms with E-state index in [2.05, 4.69) is 17.3 Å². The minimum absolute atomic E-state index is 0.844. The highest BCUT2D eigenvalue weighted by Gasteiger charge is 2.38. The third-order valence-electron chi connectivity index (χ3n) is 3.46. The van der Waals surface area contributed by atoms with Gasteiger partial charge in [0.05, 0.1) is 5.03 Å². The van der Waals surface area contributed by atoms with Gasteiger partial charge in [0.15, 0.2) is 0 Å². The standard InChI is InChI=1S/C11H13NS/c1-13-11-10-8-3-2-7(6-8)9(10)4-5-12-11/h4-5,7-8H,2-3,6H2,1H3/t7-,8+/m0/s1. The van der Waals surface area contributed by atoms with Crippen LogP contribution in [0.1, 0.15) is 42.2 Å². The minimum Gasteiger partial charge on any atom is -0.250 e. The monoisotopic (exact) mass is 191 g/mol. The molecular weight excluding hydrogens is 178 g/mol. The lowest BCUT2D eigenvalue weighted by atomic mass is 9.94. The van der Waals surface area contributed by atoms with Gasteiger partial charge >= 0.3 is 0 Å². The Balaban J connectivity index is 2.20. The van der Waals surface area contributed by atoms with Crippen LogP contribution in [0, 0.1) is 0 Å². The van der Waals surface area contributed by atoms with Gasteiger partial charge in [-0.25, -0.2) is 4.98 Å². The van der Waals surface area contributed by atoms with E-state index in [1.54, 1.807) is 22.9 Å². The molecule has 1 saturated carbocycles. The van der Waals surface area contributed by atoms with Crippen LogP contribution in [0.15, 0.2) is 17.3 Å². The first kappa shape index (κ1) is 7.86. The number of thioether (sulfide) groups is 1. The van der Waals surface area contributed by atoms with Gasteiger partial charge in [-0.3, -0.25) is 0 Å². The second-order valence-electron chi connectivity index (χ2n) is 4.03. The first-order chi connectivity index (χ1) is 6.40. The summed E-state index contributed by atoms with van der Waals surface area (Å²) in [6, 6.07) is 2.24. The van der Waals surface area contributed by atoms with Gasteiger partial charge in [0.2, 0.25) is 0 Å². The van der Waals surface area contributed by atoms with Crippen molar-refractivity contribution in [3.8, 4) is 0 Å². The summed E-state index contributed by atoms with van der Waals surface area (Å²) in [5, 5.41) is 1.28. The van der Waals surface area contributed by atoms with Crippen molar-refractivity contribution in [2.75, 3.05) is 6.26 Å². The predicted octanol–water partition coefficient (Wildman–Crippen LogP) is 3.17. The number of rotatable bonds is 1. The van der Waals surface area contributed by atoms with Crippen molar-refractivity contribution < 1.29 is 0 Å². The molecular formula is C11H13NS. The largest absolute Gasteiger partial charge is 0.250 e. The summed E-state index contributed by atoms with van der Waals surface area (Å²) in [5.41, 5.74) is 3.20. The third-order valence-corrected chi connectivity index (χ3v) is 4.17. The molecule has 0 unspecified atom stereocenters. The highest BCUT2D eigenvalue weighted by molar-refractivity contribution is 7.98. The van der Waals surface area contributed by atoms with Crippen LogP contribution in [0.25, 0.3) is 0 Å². The fraction of sp³-hybridized carbons (Fsp3) is 0.545. The number of nitrogens with zero attached hydrogens (tertiary/aromatic N) is 1. The van der Waals surface area contributed by atoms with E-state index in [0.717, 1.165) is 11.8 Å². The second kappa shape index (κ2) is 2.74. The summed E-state index contributed by atoms with van der Waals surface area (Å²) in [6.07, 6.45) is 8.32. The van der Waals surface area contributed by atoms with Gasteiger partial charge < -0.3 is 0 Å². The molecule has 13 heavy (non-hydrogen) atoms. The van der Waals surface area contributed by atoms with Crippen LogP contribution in [0.3, 0.4) is 0 Å². The molecule has 2 heteroatoms. The van der Waals surface area contributed by atoms with Crippen molar-refractivity contribution in [1.29, 1.82) is 0 Å². The Kier molecular flexibility index (Phi) is 1.66. The Hall–Kier alpha value is -0.500. The zero-order chi connectivity index (χ0) is 8.84. The smallest absolute Gasteiger partial charge is 0.0994 e. The van der Waals surface area contributed by atoms with E-state index in [1.165, 1.54) is 24.3 Å². The molecule has 2 bridgehead atoms. The van der Waals surface area contributed by atoms with E-state index >= 15 is 0 Å². The lowest BCUT2D eigenvalue weighted by Crippen LogP contribution is -2.00. The van der Waals surface area contributed by atoms with Gasteiger partial charge in [0, 0.05) is 6.20 Å². The Bertz CT molecular complexity index is 348. The van der Waals surface area contributed by atoms with Crippen molar-refractivity contribution in [2.24, 2.45) is 0 Å². The first-order valence-corrected chi connectivity index (χ1v) is 6.15. The van der Waals surface area contributed by atoms with Crippen molar-refractivity contribution >= 4 is 11.8 Å². The van der Waals surface area contributed by atoms with E-state index in [-0.39, 0.29) is 0 Å². The van der Waals surface area contributed by atoms with Crippen molar-refractivity contribution in [2.45, 2.75) is 36.1 Å². The number of hydrogen-bond donors (Lipinski definition) is 0. The SMILES string of the molecule is CSc1nccc2c1[C@@H]1CC[C@H]2C1. The molecule has 0 spiro atoms. The summed E-state index contributed by atoms with van der Waals surface area (Å²) >= 11 is 1.80. The molecule has 0 aliphatic heterocycles. The summed E-state index contributed by atoms with van der Waals surface area (Å²) in [7, 11) is 0. The molecule has 1 fully saturated rings. The molecule has 0 aromatic carbocycles. The second-order valence-corrected chi connectivity index (χ2v) is 4.82. The molecule has 3 rings (SSSR count). The van der Waals surface area contributed by atoms with Gasteiger partial charge in [-0.05, 0) is 54.5 Å². The third kappa shape index (κ3) is 0.983. The lowest BCUT2D eigenvalue weighted by molar-refractivity contribution is 0.696. The normalized spacial score (nSPS) is 29.3. The molecule has 0 amide bonds. The Morgan fingerprint density at radius 2 is 2.23 bits per heavy atom. The van der Waals surface area contributed by atoms with E-state index in [1.807, 2.05) is 6.20 Å². The zero-order valence-corrected chi connectivity index (χ0v) is 8.60. The summed E-state index contributed by atoms with van der Waals surface area (Å²) in [5.74, 6) is 1.71. The molecule has 0 radical (unpaired) electrons. The van der Waals surface area contributed by atoms with Crippen molar-refractivity contribution in [3.05, 3.63) is 23.4 Å².